The molecular formula is C62H68N5S-. The van der Waals surface area contributed by atoms with Crippen molar-refractivity contribution in [3.63, 3.8) is 0 Å². The summed E-state index contributed by atoms with van der Waals surface area (Å²) in [5, 5.41) is 18.4. The van der Waals surface area contributed by atoms with Gasteiger partial charge in [0, 0.05) is 39.6 Å². The van der Waals surface area contributed by atoms with E-state index < -0.39 is 0 Å². The standard InChI is InChI=1S/C62H68N5S/c1-6-18-40(19-7-1)44-30-32-48(41-20-8-2-9-21-41)51(36-44)46-38-53(62-65-60(42-22-10-3-11-23-42)64-61(66-62)43-24-12-4-13-25-43)58(63-39-46)45-31-34-55-52(37-45)57-56(68-55)35-33-50-49-28-16-17-29-54(49)67(59(50)57)47-26-14-5-15-27-47/h3,5,8,10-11,14-15,18,20-24,26-27,29-30,32,36-38,49-50,53,58-64,66H,1-2,4,6-7,9,12-13,16-17,19,25,28,31,33-35,39H2/q-1. The van der Waals surface area contributed by atoms with Gasteiger partial charge in [0.15, 0.2) is 0 Å². The number of hydrogen-bond donors (Lipinski definition) is 3. The number of allylic oxidation sites excluding steroid dienone is 9. The molecule has 6 aliphatic carbocycles. The molecule has 5 nitrogen and oxygen atoms in total. The fourth-order valence-electron chi connectivity index (χ4n) is 14.0. The first kappa shape index (κ1) is 43.2. The lowest BCUT2D eigenvalue weighted by atomic mass is 9.73. The highest BCUT2D eigenvalue weighted by molar-refractivity contribution is 7.12. The predicted molar refractivity (Wildman–Crippen MR) is 285 cm³/mol. The summed E-state index contributed by atoms with van der Waals surface area (Å²) in [5.74, 6) is 1.43. The van der Waals surface area contributed by atoms with Crippen LogP contribution in [0.25, 0.3) is 28.1 Å². The lowest BCUT2D eigenvalue weighted by Gasteiger charge is -2.55. The Labute approximate surface area is 409 Å². The molecule has 0 radical (unpaired) electrons. The second-order valence-corrected chi connectivity index (χ2v) is 22.4. The Morgan fingerprint density at radius 3 is 2.34 bits per heavy atom. The highest BCUT2D eigenvalue weighted by Crippen LogP contribution is 2.59. The van der Waals surface area contributed by atoms with Gasteiger partial charge in [-0.2, -0.15) is 0 Å². The minimum absolute atomic E-state index is 0.0778. The zero-order valence-electron chi connectivity index (χ0n) is 39.8. The quantitative estimate of drug-likeness (QED) is 0.154. The summed E-state index contributed by atoms with van der Waals surface area (Å²) in [6, 6.07) is 30.4. The van der Waals surface area contributed by atoms with Crippen LogP contribution < -0.4 is 20.9 Å². The van der Waals surface area contributed by atoms with Gasteiger partial charge in [-0.1, -0.05) is 133 Å². The SMILES string of the molecule is C1=CC(c2ccc(C3=CCCCC3)cc2C2=CC(C3[N-]C(c4ccccc4)NC(C4=CCCCC4)N3)C(C3=Cc4c(sc5c4C4C(CC5)C5CCCC=C5N4c4ccccc4)CC3)NC2)=CCC1. The summed E-state index contributed by atoms with van der Waals surface area (Å²) < 4.78 is 0. The molecule has 4 aromatic rings. The summed E-state index contributed by atoms with van der Waals surface area (Å²) in [7, 11) is 0. The molecule has 0 saturated carbocycles. The van der Waals surface area contributed by atoms with Crippen molar-refractivity contribution in [2.75, 3.05) is 11.4 Å². The molecule has 8 unspecified atom stereocenters. The molecule has 2 saturated heterocycles. The minimum atomic E-state index is -0.0960. The maximum absolute atomic E-state index is 5.83. The van der Waals surface area contributed by atoms with E-state index in [1.165, 1.54) is 121 Å². The Kier molecular flexibility index (Phi) is 12.0. The van der Waals surface area contributed by atoms with Crippen molar-refractivity contribution in [2.24, 2.45) is 17.8 Å². The summed E-state index contributed by atoms with van der Waals surface area (Å²) in [4.78, 5) is 6.08. The summed E-state index contributed by atoms with van der Waals surface area (Å²) in [6.07, 6.45) is 40.7. The van der Waals surface area contributed by atoms with Crippen LogP contribution in [0.4, 0.5) is 5.69 Å². The van der Waals surface area contributed by atoms with Crippen LogP contribution >= 0.6 is 11.3 Å². The van der Waals surface area contributed by atoms with Crippen LogP contribution in [-0.2, 0) is 12.8 Å². The van der Waals surface area contributed by atoms with Gasteiger partial charge < -0.3 is 26.2 Å². The minimum Gasteiger partial charge on any atom is -0.628 e. The van der Waals surface area contributed by atoms with Crippen molar-refractivity contribution in [3.8, 4) is 0 Å². The number of nitrogens with zero attached hydrogens (tertiary/aromatic N) is 2. The first-order valence-corrected chi connectivity index (χ1v) is 27.5. The van der Waals surface area contributed by atoms with Crippen LogP contribution in [-0.4, -0.2) is 24.9 Å². The average molecular weight is 915 g/mol. The van der Waals surface area contributed by atoms with Crippen molar-refractivity contribution >= 4 is 39.8 Å². The maximum Gasteiger partial charge on any atom is 0.0771 e. The molecule has 0 spiro atoms. The molecule has 2 fully saturated rings. The first-order valence-electron chi connectivity index (χ1n) is 26.7. The zero-order chi connectivity index (χ0) is 45.0. The second-order valence-electron chi connectivity index (χ2n) is 21.2. The van der Waals surface area contributed by atoms with Gasteiger partial charge in [0.1, 0.15) is 0 Å². The highest BCUT2D eigenvalue weighted by atomic mass is 32.1. The Hall–Kier alpha value is -4.82. The number of hydrogen-bond acceptors (Lipinski definition) is 5. The van der Waals surface area contributed by atoms with Gasteiger partial charge in [-0.3, -0.25) is 0 Å². The normalized spacial score (nSPS) is 30.1. The zero-order valence-corrected chi connectivity index (χ0v) is 40.6. The van der Waals surface area contributed by atoms with E-state index in [-0.39, 0.29) is 30.5 Å². The number of para-hydroxylation sites is 1. The van der Waals surface area contributed by atoms with Crippen molar-refractivity contribution in [3.05, 3.63) is 187 Å². The number of aryl methyl sites for hydroxylation is 2. The van der Waals surface area contributed by atoms with Crippen LogP contribution in [0.2, 0.25) is 0 Å². The first-order chi connectivity index (χ1) is 33.7. The maximum atomic E-state index is 5.83. The number of benzene rings is 3. The highest BCUT2D eigenvalue weighted by Gasteiger charge is 2.50. The summed E-state index contributed by atoms with van der Waals surface area (Å²) in [6.45, 7) is 0.837. The average Bonchev–Trinajstić information content (AvgIpc) is 3.97. The lowest BCUT2D eigenvalue weighted by Crippen LogP contribution is -2.60. The molecular weight excluding hydrogens is 847 g/mol. The Bertz CT molecular complexity index is 2770. The van der Waals surface area contributed by atoms with E-state index in [1.807, 2.05) is 0 Å². The monoisotopic (exact) mass is 915 g/mol. The van der Waals surface area contributed by atoms with E-state index in [9.17, 15) is 0 Å². The van der Waals surface area contributed by atoms with Gasteiger partial charge in [-0.25, -0.2) is 0 Å². The van der Waals surface area contributed by atoms with Crippen LogP contribution in [0.3, 0.4) is 0 Å². The van der Waals surface area contributed by atoms with Gasteiger partial charge in [-0.15, -0.1) is 11.3 Å². The third kappa shape index (κ3) is 8.02. The number of rotatable bonds is 8. The van der Waals surface area contributed by atoms with Crippen LogP contribution in [0, 0.1) is 17.8 Å². The molecule has 6 heteroatoms. The topological polar surface area (TPSA) is 53.4 Å². The van der Waals surface area contributed by atoms with E-state index in [4.69, 9.17) is 5.32 Å². The molecule has 3 aliphatic heterocycles. The molecule has 3 N–H and O–H groups in total. The number of thiophene rings is 1. The molecule has 3 aromatic carbocycles. The predicted octanol–water partition coefficient (Wildman–Crippen LogP) is 14.7. The Morgan fingerprint density at radius 1 is 0.662 bits per heavy atom. The van der Waals surface area contributed by atoms with E-state index in [2.05, 4.69) is 160 Å². The van der Waals surface area contributed by atoms with Crippen LogP contribution in [0.15, 0.2) is 138 Å². The van der Waals surface area contributed by atoms with E-state index in [1.54, 1.807) is 32.2 Å². The van der Waals surface area contributed by atoms with Crippen molar-refractivity contribution in [1.29, 1.82) is 0 Å². The largest absolute Gasteiger partial charge is 0.628 e. The third-order valence-electron chi connectivity index (χ3n) is 17.2. The fraction of sp³-hybridized carbons (Fsp3) is 0.419. The van der Waals surface area contributed by atoms with Gasteiger partial charge in [-0.05, 0) is 189 Å². The third-order valence-corrected chi connectivity index (χ3v) is 18.6. The van der Waals surface area contributed by atoms with Crippen molar-refractivity contribution < 1.29 is 0 Å². The van der Waals surface area contributed by atoms with Gasteiger partial charge >= 0.3 is 0 Å². The summed E-state index contributed by atoms with van der Waals surface area (Å²) in [5.41, 5.74) is 18.9. The molecule has 0 amide bonds. The second kappa shape index (κ2) is 18.8. The molecule has 1 aromatic heterocycles. The van der Waals surface area contributed by atoms with Crippen LogP contribution in [0.5, 0.6) is 0 Å². The van der Waals surface area contributed by atoms with Crippen molar-refractivity contribution in [1.82, 2.24) is 16.0 Å². The smallest absolute Gasteiger partial charge is 0.0771 e. The molecule has 68 heavy (non-hydrogen) atoms. The molecule has 4 heterocycles. The van der Waals surface area contributed by atoms with Gasteiger partial charge in [0.05, 0.1) is 12.2 Å². The lowest BCUT2D eigenvalue weighted by molar-refractivity contribution is 0.266. The van der Waals surface area contributed by atoms with E-state index in [0.717, 1.165) is 45.1 Å². The molecule has 9 aliphatic rings. The van der Waals surface area contributed by atoms with E-state index in [0.29, 0.717) is 17.9 Å². The molecule has 8 atom stereocenters. The molecule has 0 bridgehead atoms. The van der Waals surface area contributed by atoms with Gasteiger partial charge in [0.25, 0.3) is 0 Å². The van der Waals surface area contributed by atoms with Crippen LogP contribution in [0.1, 0.15) is 152 Å². The van der Waals surface area contributed by atoms with Crippen molar-refractivity contribution in [2.45, 2.75) is 140 Å². The van der Waals surface area contributed by atoms with E-state index >= 15 is 0 Å². The Balaban J connectivity index is 0.937. The Morgan fingerprint density at radius 2 is 1.51 bits per heavy atom. The number of nitrogens with one attached hydrogen (secondary N) is 3. The number of anilines is 1. The summed E-state index contributed by atoms with van der Waals surface area (Å²) >= 11 is 2.15. The molecule has 348 valence electrons. The van der Waals surface area contributed by atoms with Gasteiger partial charge in [0.2, 0.25) is 0 Å². The molecule has 13 rings (SSSR count). The fourth-order valence-corrected chi connectivity index (χ4v) is 15.3. The number of fused-ring (bicyclic) bond motifs is 7.